The van der Waals surface area contributed by atoms with Gasteiger partial charge in [0.25, 0.3) is 0 Å². The Hall–Kier alpha value is -0.0500. The number of hydrogen-bond donors (Lipinski definition) is 1. The molecule has 1 aromatic carbocycles. The molecular formula is C12H17BrClN. The van der Waals surface area contributed by atoms with Gasteiger partial charge in [0.1, 0.15) is 0 Å². The summed E-state index contributed by atoms with van der Waals surface area (Å²) in [5.41, 5.74) is 1.46. The fourth-order valence-corrected chi connectivity index (χ4v) is 2.51. The second-order valence-electron chi connectivity index (χ2n) is 3.99. The van der Waals surface area contributed by atoms with E-state index in [2.05, 4.69) is 45.5 Å². The molecule has 3 heteroatoms. The van der Waals surface area contributed by atoms with Crippen molar-refractivity contribution in [2.45, 2.75) is 19.3 Å². The van der Waals surface area contributed by atoms with Crippen molar-refractivity contribution in [3.05, 3.63) is 34.3 Å². The molecule has 0 bridgehead atoms. The van der Waals surface area contributed by atoms with E-state index in [0.29, 0.717) is 0 Å². The van der Waals surface area contributed by atoms with Gasteiger partial charge in [-0.05, 0) is 49.9 Å². The predicted octanol–water partition coefficient (Wildman–Crippen LogP) is 3.41. The molecule has 84 valence electrons. The molecule has 0 unspecified atom stereocenters. The number of benzene rings is 1. The monoisotopic (exact) mass is 289 g/mol. The fourth-order valence-electron chi connectivity index (χ4n) is 2.06. The molecule has 1 aliphatic rings. The molecular weight excluding hydrogens is 273 g/mol. The topological polar surface area (TPSA) is 12.0 Å². The van der Waals surface area contributed by atoms with Crippen molar-refractivity contribution < 1.29 is 0 Å². The van der Waals surface area contributed by atoms with Crippen LogP contribution in [0, 0.1) is 5.92 Å². The van der Waals surface area contributed by atoms with Crippen molar-refractivity contribution in [3.8, 4) is 0 Å². The molecule has 0 aliphatic carbocycles. The second kappa shape index (κ2) is 6.51. The Bertz CT molecular complexity index is 297. The maximum absolute atomic E-state index is 3.61. The van der Waals surface area contributed by atoms with Crippen LogP contribution in [0.25, 0.3) is 0 Å². The van der Waals surface area contributed by atoms with E-state index in [1.165, 1.54) is 42.4 Å². The Balaban J connectivity index is 0.00000112. The van der Waals surface area contributed by atoms with Crippen molar-refractivity contribution in [1.82, 2.24) is 5.32 Å². The van der Waals surface area contributed by atoms with Crippen LogP contribution in [0.5, 0.6) is 0 Å². The van der Waals surface area contributed by atoms with E-state index in [1.807, 2.05) is 0 Å². The minimum atomic E-state index is 0. The van der Waals surface area contributed by atoms with Crippen LogP contribution >= 0.6 is 28.3 Å². The zero-order chi connectivity index (χ0) is 9.80. The zero-order valence-corrected chi connectivity index (χ0v) is 11.1. The number of piperidine rings is 1. The molecule has 1 fully saturated rings. The van der Waals surface area contributed by atoms with Gasteiger partial charge in [0.2, 0.25) is 0 Å². The van der Waals surface area contributed by atoms with Crippen molar-refractivity contribution in [2.24, 2.45) is 5.92 Å². The summed E-state index contributed by atoms with van der Waals surface area (Å²) in [5, 5.41) is 3.40. The van der Waals surface area contributed by atoms with Crippen LogP contribution in [0.1, 0.15) is 18.4 Å². The molecule has 1 heterocycles. The number of halogens is 2. The first-order valence-electron chi connectivity index (χ1n) is 5.30. The third-order valence-electron chi connectivity index (χ3n) is 2.93. The van der Waals surface area contributed by atoms with E-state index < -0.39 is 0 Å². The molecule has 1 aromatic rings. The third kappa shape index (κ3) is 3.78. The molecule has 0 aromatic heterocycles. The number of hydrogen-bond acceptors (Lipinski definition) is 1. The van der Waals surface area contributed by atoms with Crippen LogP contribution in [0.2, 0.25) is 0 Å². The second-order valence-corrected chi connectivity index (χ2v) is 4.84. The highest BCUT2D eigenvalue weighted by molar-refractivity contribution is 9.10. The van der Waals surface area contributed by atoms with Gasteiger partial charge in [0.05, 0.1) is 0 Å². The van der Waals surface area contributed by atoms with Gasteiger partial charge < -0.3 is 5.32 Å². The van der Waals surface area contributed by atoms with Gasteiger partial charge in [0, 0.05) is 4.47 Å². The van der Waals surface area contributed by atoms with Crippen molar-refractivity contribution in [1.29, 1.82) is 0 Å². The lowest BCUT2D eigenvalue weighted by atomic mass is 9.91. The van der Waals surface area contributed by atoms with Crippen LogP contribution in [0.15, 0.2) is 28.7 Å². The molecule has 1 nitrogen and oxygen atoms in total. The quantitative estimate of drug-likeness (QED) is 0.880. The maximum Gasteiger partial charge on any atom is 0.0207 e. The van der Waals surface area contributed by atoms with Gasteiger partial charge in [-0.25, -0.2) is 0 Å². The summed E-state index contributed by atoms with van der Waals surface area (Å²) in [6.45, 7) is 2.38. The Labute approximate surface area is 106 Å². The molecule has 1 aliphatic heterocycles. The van der Waals surface area contributed by atoms with E-state index >= 15 is 0 Å². The van der Waals surface area contributed by atoms with Gasteiger partial charge in [-0.15, -0.1) is 12.4 Å². The lowest BCUT2D eigenvalue weighted by Crippen LogP contribution is -2.28. The maximum atomic E-state index is 3.61. The van der Waals surface area contributed by atoms with Gasteiger partial charge in [-0.3, -0.25) is 0 Å². The zero-order valence-electron chi connectivity index (χ0n) is 8.71. The Morgan fingerprint density at radius 3 is 2.53 bits per heavy atom. The molecule has 2 rings (SSSR count). The normalized spacial score (nSPS) is 17.1. The Morgan fingerprint density at radius 1 is 1.20 bits per heavy atom. The largest absolute Gasteiger partial charge is 0.317 e. The van der Waals surface area contributed by atoms with Crippen molar-refractivity contribution in [2.75, 3.05) is 13.1 Å². The minimum absolute atomic E-state index is 0. The van der Waals surface area contributed by atoms with E-state index in [-0.39, 0.29) is 12.4 Å². The minimum Gasteiger partial charge on any atom is -0.317 e. The summed E-state index contributed by atoms with van der Waals surface area (Å²) >= 11 is 3.61. The SMILES string of the molecule is Brc1ccccc1CC1CCNCC1.Cl. The molecule has 0 atom stereocenters. The molecule has 0 saturated carbocycles. The van der Waals surface area contributed by atoms with Crippen LogP contribution in [0.3, 0.4) is 0 Å². The standard InChI is InChI=1S/C12H16BrN.ClH/c13-12-4-2-1-3-11(12)9-10-5-7-14-8-6-10;/h1-4,10,14H,5-9H2;1H. The first kappa shape index (κ1) is 13.0. The predicted molar refractivity (Wildman–Crippen MR) is 70.7 cm³/mol. The molecule has 0 amide bonds. The Kier molecular flexibility index (Phi) is 5.65. The summed E-state index contributed by atoms with van der Waals surface area (Å²) in [6, 6.07) is 8.57. The molecule has 1 N–H and O–H groups in total. The van der Waals surface area contributed by atoms with Gasteiger partial charge in [0.15, 0.2) is 0 Å². The van der Waals surface area contributed by atoms with E-state index in [9.17, 15) is 0 Å². The van der Waals surface area contributed by atoms with E-state index in [4.69, 9.17) is 0 Å². The molecule has 1 saturated heterocycles. The summed E-state index contributed by atoms with van der Waals surface area (Å²) in [4.78, 5) is 0. The van der Waals surface area contributed by atoms with E-state index in [1.54, 1.807) is 0 Å². The summed E-state index contributed by atoms with van der Waals surface area (Å²) in [7, 11) is 0. The van der Waals surface area contributed by atoms with Crippen LogP contribution < -0.4 is 5.32 Å². The summed E-state index contributed by atoms with van der Waals surface area (Å²) in [6.07, 6.45) is 3.87. The average Bonchev–Trinajstić information content (AvgIpc) is 2.23. The van der Waals surface area contributed by atoms with Gasteiger partial charge in [-0.2, -0.15) is 0 Å². The van der Waals surface area contributed by atoms with Crippen molar-refractivity contribution >= 4 is 28.3 Å². The van der Waals surface area contributed by atoms with E-state index in [0.717, 1.165) is 5.92 Å². The highest BCUT2D eigenvalue weighted by Gasteiger charge is 2.14. The first-order valence-corrected chi connectivity index (χ1v) is 6.09. The third-order valence-corrected chi connectivity index (χ3v) is 3.70. The van der Waals surface area contributed by atoms with Gasteiger partial charge >= 0.3 is 0 Å². The summed E-state index contributed by atoms with van der Waals surface area (Å²) in [5.74, 6) is 0.870. The lowest BCUT2D eigenvalue weighted by Gasteiger charge is -2.22. The summed E-state index contributed by atoms with van der Waals surface area (Å²) < 4.78 is 1.26. The average molecular weight is 291 g/mol. The smallest absolute Gasteiger partial charge is 0.0207 e. The lowest BCUT2D eigenvalue weighted by molar-refractivity contribution is 0.372. The van der Waals surface area contributed by atoms with Crippen LogP contribution in [-0.2, 0) is 6.42 Å². The highest BCUT2D eigenvalue weighted by Crippen LogP contribution is 2.23. The molecule has 0 radical (unpaired) electrons. The molecule has 15 heavy (non-hydrogen) atoms. The first-order chi connectivity index (χ1) is 6.86. The fraction of sp³-hybridized carbons (Fsp3) is 0.500. The van der Waals surface area contributed by atoms with Crippen molar-refractivity contribution in [3.63, 3.8) is 0 Å². The Morgan fingerprint density at radius 2 is 1.87 bits per heavy atom. The number of rotatable bonds is 2. The van der Waals surface area contributed by atoms with Crippen LogP contribution in [0.4, 0.5) is 0 Å². The highest BCUT2D eigenvalue weighted by atomic mass is 79.9. The number of nitrogens with one attached hydrogen (secondary N) is 1. The van der Waals surface area contributed by atoms with Crippen LogP contribution in [-0.4, -0.2) is 13.1 Å². The van der Waals surface area contributed by atoms with Gasteiger partial charge in [-0.1, -0.05) is 34.1 Å². The molecule has 0 spiro atoms.